The van der Waals surface area contributed by atoms with Crippen molar-refractivity contribution in [2.75, 3.05) is 18.1 Å². The third-order valence-corrected chi connectivity index (χ3v) is 5.24. The smallest absolute Gasteiger partial charge is 0.358 e. The van der Waals surface area contributed by atoms with Gasteiger partial charge in [-0.1, -0.05) is 35.9 Å². The Kier molecular flexibility index (Phi) is 7.93. The fourth-order valence-corrected chi connectivity index (χ4v) is 3.43. The number of hydrogen-bond acceptors (Lipinski definition) is 7. The summed E-state index contributed by atoms with van der Waals surface area (Å²) in [6.45, 7) is 1.81. The van der Waals surface area contributed by atoms with E-state index in [0.717, 1.165) is 5.56 Å². The van der Waals surface area contributed by atoms with Crippen LogP contribution in [-0.2, 0) is 20.9 Å². The molecule has 0 spiro atoms. The van der Waals surface area contributed by atoms with Gasteiger partial charge in [0.1, 0.15) is 17.4 Å². The lowest BCUT2D eigenvalue weighted by atomic mass is 10.2. The molecule has 0 unspecified atom stereocenters. The summed E-state index contributed by atoms with van der Waals surface area (Å²) in [4.78, 5) is 41.7. The monoisotopic (exact) mass is 453 g/mol. The van der Waals surface area contributed by atoms with Gasteiger partial charge in [0.15, 0.2) is 12.3 Å². The van der Waals surface area contributed by atoms with Gasteiger partial charge in [-0.15, -0.1) is 11.3 Å². The second-order valence-corrected chi connectivity index (χ2v) is 7.84. The molecule has 3 aromatic rings. The molecule has 32 heavy (non-hydrogen) atoms. The van der Waals surface area contributed by atoms with Crippen LogP contribution in [0.5, 0.6) is 5.75 Å². The SMILES string of the molecule is Cc1ccc(OCc2nc(C(=O)OCC(=O)N(CCC(N)=O)c3ccccc3)cs2)cc1. The zero-order chi connectivity index (χ0) is 22.9. The average molecular weight is 454 g/mol. The number of aromatic nitrogens is 1. The first-order chi connectivity index (χ1) is 15.4. The first-order valence-electron chi connectivity index (χ1n) is 9.87. The Balaban J connectivity index is 1.55. The molecule has 9 heteroatoms. The number of anilines is 1. The van der Waals surface area contributed by atoms with E-state index in [-0.39, 0.29) is 25.3 Å². The van der Waals surface area contributed by atoms with Crippen molar-refractivity contribution >= 4 is 34.8 Å². The summed E-state index contributed by atoms with van der Waals surface area (Å²) in [7, 11) is 0. The van der Waals surface area contributed by atoms with E-state index in [0.29, 0.717) is 16.4 Å². The van der Waals surface area contributed by atoms with Crippen molar-refractivity contribution in [1.82, 2.24) is 4.98 Å². The molecule has 1 aromatic heterocycles. The Labute approximate surface area is 189 Å². The second-order valence-electron chi connectivity index (χ2n) is 6.90. The van der Waals surface area contributed by atoms with Crippen LogP contribution in [0.2, 0.25) is 0 Å². The normalized spacial score (nSPS) is 10.4. The number of carbonyl (C=O) groups is 3. The fourth-order valence-electron chi connectivity index (χ4n) is 2.76. The number of amides is 2. The lowest BCUT2D eigenvalue weighted by Gasteiger charge is -2.22. The molecule has 3 rings (SSSR count). The van der Waals surface area contributed by atoms with E-state index in [2.05, 4.69) is 4.98 Å². The van der Waals surface area contributed by atoms with E-state index in [1.165, 1.54) is 16.2 Å². The molecule has 2 aromatic carbocycles. The summed E-state index contributed by atoms with van der Waals surface area (Å²) in [6, 6.07) is 16.4. The summed E-state index contributed by atoms with van der Waals surface area (Å²) in [6.07, 6.45) is -0.00892. The number of aryl methyl sites for hydroxylation is 1. The molecule has 8 nitrogen and oxygen atoms in total. The topological polar surface area (TPSA) is 112 Å². The molecule has 0 atom stereocenters. The predicted octanol–water partition coefficient (Wildman–Crippen LogP) is 3.10. The number of nitrogens with zero attached hydrogens (tertiary/aromatic N) is 2. The van der Waals surface area contributed by atoms with Crippen LogP contribution in [0.15, 0.2) is 60.0 Å². The molecule has 0 aliphatic carbocycles. The maximum Gasteiger partial charge on any atom is 0.358 e. The molecule has 0 saturated carbocycles. The predicted molar refractivity (Wildman–Crippen MR) is 121 cm³/mol. The first kappa shape index (κ1) is 23.0. The van der Waals surface area contributed by atoms with Crippen LogP contribution in [0.1, 0.15) is 27.5 Å². The van der Waals surface area contributed by atoms with E-state index >= 15 is 0 Å². The highest BCUT2D eigenvalue weighted by atomic mass is 32.1. The highest BCUT2D eigenvalue weighted by Crippen LogP contribution is 2.17. The number of ether oxygens (including phenoxy) is 2. The minimum absolute atomic E-state index is 0.00892. The van der Waals surface area contributed by atoms with Crippen molar-refractivity contribution in [2.45, 2.75) is 20.0 Å². The van der Waals surface area contributed by atoms with E-state index < -0.39 is 24.4 Å². The number of nitrogens with two attached hydrogens (primary N) is 1. The Bertz CT molecular complexity index is 1070. The third kappa shape index (κ3) is 6.64. The number of thiazole rings is 1. The number of benzene rings is 2. The van der Waals surface area contributed by atoms with E-state index in [4.69, 9.17) is 15.2 Å². The van der Waals surface area contributed by atoms with E-state index in [1.54, 1.807) is 29.6 Å². The maximum atomic E-state index is 12.6. The van der Waals surface area contributed by atoms with Crippen LogP contribution in [0.25, 0.3) is 0 Å². The zero-order valence-electron chi connectivity index (χ0n) is 17.5. The minimum atomic E-state index is -0.709. The summed E-state index contributed by atoms with van der Waals surface area (Å²) >= 11 is 1.27. The molecular formula is C23H23N3O5S. The molecule has 166 valence electrons. The van der Waals surface area contributed by atoms with Gasteiger partial charge < -0.3 is 20.1 Å². The molecule has 0 saturated heterocycles. The molecule has 0 aliphatic heterocycles. The zero-order valence-corrected chi connectivity index (χ0v) is 18.3. The van der Waals surface area contributed by atoms with Crippen LogP contribution in [-0.4, -0.2) is 35.9 Å². The van der Waals surface area contributed by atoms with Crippen LogP contribution < -0.4 is 15.4 Å². The molecule has 0 radical (unpaired) electrons. The van der Waals surface area contributed by atoms with Gasteiger partial charge in [-0.25, -0.2) is 9.78 Å². The van der Waals surface area contributed by atoms with Gasteiger partial charge in [-0.05, 0) is 31.2 Å². The van der Waals surface area contributed by atoms with Crippen LogP contribution in [0, 0.1) is 6.92 Å². The van der Waals surface area contributed by atoms with Crippen molar-refractivity contribution in [3.63, 3.8) is 0 Å². The largest absolute Gasteiger partial charge is 0.486 e. The highest BCUT2D eigenvalue weighted by molar-refractivity contribution is 7.09. The number of para-hydroxylation sites is 1. The summed E-state index contributed by atoms with van der Waals surface area (Å²) in [5.41, 5.74) is 7.03. The van der Waals surface area contributed by atoms with Gasteiger partial charge in [-0.3, -0.25) is 9.59 Å². The lowest BCUT2D eigenvalue weighted by Crippen LogP contribution is -2.37. The lowest BCUT2D eigenvalue weighted by molar-refractivity contribution is -0.121. The van der Waals surface area contributed by atoms with Crippen molar-refractivity contribution in [1.29, 1.82) is 0 Å². The van der Waals surface area contributed by atoms with E-state index in [9.17, 15) is 14.4 Å². The van der Waals surface area contributed by atoms with Crippen molar-refractivity contribution < 1.29 is 23.9 Å². The number of esters is 1. The van der Waals surface area contributed by atoms with Gasteiger partial charge in [0.25, 0.3) is 5.91 Å². The van der Waals surface area contributed by atoms with Crippen LogP contribution in [0.4, 0.5) is 5.69 Å². The minimum Gasteiger partial charge on any atom is -0.486 e. The first-order valence-corrected chi connectivity index (χ1v) is 10.7. The third-order valence-electron chi connectivity index (χ3n) is 4.42. The number of primary amides is 1. The second kappa shape index (κ2) is 11.1. The quantitative estimate of drug-likeness (QED) is 0.472. The van der Waals surface area contributed by atoms with Crippen molar-refractivity contribution in [3.05, 3.63) is 76.2 Å². The number of rotatable bonds is 10. The summed E-state index contributed by atoms with van der Waals surface area (Å²) < 4.78 is 10.8. The molecule has 2 amide bonds. The molecule has 0 aliphatic rings. The van der Waals surface area contributed by atoms with Gasteiger partial charge in [0.2, 0.25) is 5.91 Å². The van der Waals surface area contributed by atoms with Gasteiger partial charge in [0.05, 0.1) is 0 Å². The molecule has 0 fully saturated rings. The molecule has 1 heterocycles. The summed E-state index contributed by atoms with van der Waals surface area (Å²) in [5.74, 6) is -1.00. The van der Waals surface area contributed by atoms with E-state index in [1.807, 2.05) is 37.3 Å². The van der Waals surface area contributed by atoms with Gasteiger partial charge in [0, 0.05) is 24.0 Å². The Morgan fingerprint density at radius 1 is 1.06 bits per heavy atom. The fraction of sp³-hybridized carbons (Fsp3) is 0.217. The molecule has 0 bridgehead atoms. The van der Waals surface area contributed by atoms with Crippen LogP contribution in [0.3, 0.4) is 0 Å². The number of carbonyl (C=O) groups excluding carboxylic acids is 3. The van der Waals surface area contributed by atoms with Crippen LogP contribution >= 0.6 is 11.3 Å². The Morgan fingerprint density at radius 2 is 1.78 bits per heavy atom. The van der Waals surface area contributed by atoms with Gasteiger partial charge >= 0.3 is 5.97 Å². The number of hydrogen-bond donors (Lipinski definition) is 1. The maximum absolute atomic E-state index is 12.6. The highest BCUT2D eigenvalue weighted by Gasteiger charge is 2.20. The molecular weight excluding hydrogens is 430 g/mol. The van der Waals surface area contributed by atoms with Crippen molar-refractivity contribution in [3.8, 4) is 5.75 Å². The Morgan fingerprint density at radius 3 is 2.47 bits per heavy atom. The molecule has 2 N–H and O–H groups in total. The summed E-state index contributed by atoms with van der Waals surface area (Å²) in [5, 5.41) is 2.17. The van der Waals surface area contributed by atoms with Crippen molar-refractivity contribution in [2.24, 2.45) is 5.73 Å². The average Bonchev–Trinajstić information content (AvgIpc) is 3.27. The standard InChI is InChI=1S/C23H23N3O5S/c1-16-7-9-18(10-8-16)30-13-21-25-19(15-32-21)23(29)31-14-22(28)26(12-11-20(24)27)17-5-3-2-4-6-17/h2-10,15H,11-14H2,1H3,(H2,24,27). The van der Waals surface area contributed by atoms with Gasteiger partial charge in [-0.2, -0.15) is 0 Å². The Hall–Kier alpha value is -3.72.